The van der Waals surface area contributed by atoms with Gasteiger partial charge in [-0.05, 0) is 29.0 Å². The smallest absolute Gasteiger partial charge is 0.201 e. The average molecular weight is 422 g/mol. The minimum absolute atomic E-state index is 0.0270. The standard InChI is InChI=1S/C22H16BrNO3/c1-10-22(2,3)19-16(26)9-15(25)18-20(19)24(10)14-7-4-11-8-12(23)5-6-13(11)17(14)21(18)27/h4-9,25-26H,1H2,2-3H3. The summed E-state index contributed by atoms with van der Waals surface area (Å²) in [5.74, 6) is -0.243. The van der Waals surface area contributed by atoms with Gasteiger partial charge in [0, 0.05) is 27.2 Å². The van der Waals surface area contributed by atoms with E-state index in [1.165, 1.54) is 6.07 Å². The summed E-state index contributed by atoms with van der Waals surface area (Å²) < 4.78 is 2.84. The molecule has 0 amide bonds. The molecule has 1 aliphatic rings. The first kappa shape index (κ1) is 16.4. The van der Waals surface area contributed by atoms with Crippen molar-refractivity contribution in [3.63, 3.8) is 0 Å². The molecule has 0 unspecified atom stereocenters. The lowest BCUT2D eigenvalue weighted by Crippen LogP contribution is -2.15. The third kappa shape index (κ3) is 1.85. The Morgan fingerprint density at radius 1 is 1.04 bits per heavy atom. The minimum Gasteiger partial charge on any atom is -0.507 e. The fourth-order valence-electron chi connectivity index (χ4n) is 4.37. The molecule has 2 heterocycles. The number of pyridine rings is 1. The van der Waals surface area contributed by atoms with Crippen LogP contribution in [0.3, 0.4) is 0 Å². The van der Waals surface area contributed by atoms with E-state index in [-0.39, 0.29) is 22.3 Å². The van der Waals surface area contributed by atoms with Crippen molar-refractivity contribution in [1.29, 1.82) is 0 Å². The van der Waals surface area contributed by atoms with Gasteiger partial charge >= 0.3 is 0 Å². The first-order valence-corrected chi connectivity index (χ1v) is 9.38. The highest BCUT2D eigenvalue weighted by Crippen LogP contribution is 2.51. The average Bonchev–Trinajstić information content (AvgIpc) is 2.80. The predicted octanol–water partition coefficient (Wildman–Crippen LogP) is 5.24. The van der Waals surface area contributed by atoms with Crippen molar-refractivity contribution in [2.24, 2.45) is 0 Å². The molecule has 0 saturated carbocycles. The summed E-state index contributed by atoms with van der Waals surface area (Å²) in [5.41, 5.74) is 1.83. The second-order valence-electron chi connectivity index (χ2n) is 7.57. The van der Waals surface area contributed by atoms with E-state index in [0.717, 1.165) is 26.5 Å². The normalized spacial score (nSPS) is 15.3. The summed E-state index contributed by atoms with van der Waals surface area (Å²) in [6.07, 6.45) is 0. The number of halogens is 1. The molecule has 4 nitrogen and oxygen atoms in total. The molecule has 27 heavy (non-hydrogen) atoms. The molecule has 0 atom stereocenters. The van der Waals surface area contributed by atoms with Crippen molar-refractivity contribution in [1.82, 2.24) is 4.57 Å². The number of allylic oxidation sites excluding steroid dienone is 1. The van der Waals surface area contributed by atoms with Crippen molar-refractivity contribution < 1.29 is 10.2 Å². The van der Waals surface area contributed by atoms with E-state index in [2.05, 4.69) is 22.5 Å². The molecule has 3 aromatic carbocycles. The van der Waals surface area contributed by atoms with Gasteiger partial charge in [-0.1, -0.05) is 48.5 Å². The Hall–Kier alpha value is -2.79. The first-order valence-electron chi connectivity index (χ1n) is 8.59. The molecule has 0 saturated heterocycles. The fourth-order valence-corrected chi connectivity index (χ4v) is 4.75. The number of phenolic OH excluding ortho intramolecular Hbond substituents is 2. The predicted molar refractivity (Wildman–Crippen MR) is 113 cm³/mol. The molecule has 1 aromatic heterocycles. The third-order valence-electron chi connectivity index (χ3n) is 5.75. The highest BCUT2D eigenvalue weighted by molar-refractivity contribution is 9.10. The molecule has 1 aliphatic heterocycles. The molecule has 2 N–H and O–H groups in total. The van der Waals surface area contributed by atoms with Gasteiger partial charge in [0.2, 0.25) is 5.43 Å². The van der Waals surface area contributed by atoms with Gasteiger partial charge in [0.1, 0.15) is 11.5 Å². The van der Waals surface area contributed by atoms with E-state index in [4.69, 9.17) is 0 Å². The van der Waals surface area contributed by atoms with Crippen molar-refractivity contribution in [2.75, 3.05) is 0 Å². The number of aromatic hydroxyl groups is 2. The Balaban J connectivity index is 2.18. The van der Waals surface area contributed by atoms with E-state index < -0.39 is 5.41 Å². The lowest BCUT2D eigenvalue weighted by molar-refractivity contribution is 0.445. The van der Waals surface area contributed by atoms with Crippen LogP contribution in [0, 0.1) is 0 Å². The molecule has 0 radical (unpaired) electrons. The van der Waals surface area contributed by atoms with Gasteiger partial charge in [0.25, 0.3) is 0 Å². The van der Waals surface area contributed by atoms with E-state index in [1.807, 2.05) is 48.7 Å². The first-order chi connectivity index (χ1) is 12.7. The number of aromatic nitrogens is 1. The van der Waals surface area contributed by atoms with Crippen LogP contribution < -0.4 is 5.43 Å². The number of hydrogen-bond acceptors (Lipinski definition) is 3. The van der Waals surface area contributed by atoms with Crippen molar-refractivity contribution in [3.8, 4) is 11.5 Å². The van der Waals surface area contributed by atoms with Gasteiger partial charge < -0.3 is 14.8 Å². The Kier molecular flexibility index (Phi) is 2.99. The van der Waals surface area contributed by atoms with Gasteiger partial charge in [-0.2, -0.15) is 0 Å². The minimum atomic E-state index is -0.571. The summed E-state index contributed by atoms with van der Waals surface area (Å²) >= 11 is 3.47. The Morgan fingerprint density at radius 2 is 1.78 bits per heavy atom. The summed E-state index contributed by atoms with van der Waals surface area (Å²) in [4.78, 5) is 13.5. The zero-order chi connectivity index (χ0) is 19.2. The summed E-state index contributed by atoms with van der Waals surface area (Å²) in [6, 6.07) is 10.9. The van der Waals surface area contributed by atoms with Crippen LogP contribution >= 0.6 is 15.9 Å². The largest absolute Gasteiger partial charge is 0.507 e. The number of fused-ring (bicyclic) bond motifs is 4. The summed E-state index contributed by atoms with van der Waals surface area (Å²) in [6.45, 7) is 8.17. The maximum atomic E-state index is 13.5. The van der Waals surface area contributed by atoms with Crippen LogP contribution in [0.4, 0.5) is 0 Å². The molecular weight excluding hydrogens is 406 g/mol. The van der Waals surface area contributed by atoms with Crippen molar-refractivity contribution >= 4 is 54.2 Å². The molecule has 0 bridgehead atoms. The molecule has 4 aromatic rings. The van der Waals surface area contributed by atoms with Crippen LogP contribution in [0.5, 0.6) is 11.5 Å². The van der Waals surface area contributed by atoms with Gasteiger partial charge in [-0.25, -0.2) is 0 Å². The van der Waals surface area contributed by atoms with Crippen LogP contribution in [-0.4, -0.2) is 14.8 Å². The maximum Gasteiger partial charge on any atom is 0.201 e. The molecule has 0 aliphatic carbocycles. The molecule has 134 valence electrons. The third-order valence-corrected chi connectivity index (χ3v) is 6.25. The highest BCUT2D eigenvalue weighted by atomic mass is 79.9. The lowest BCUT2D eigenvalue weighted by atomic mass is 9.83. The molecule has 5 rings (SSSR count). The zero-order valence-corrected chi connectivity index (χ0v) is 16.4. The Morgan fingerprint density at radius 3 is 2.52 bits per heavy atom. The topological polar surface area (TPSA) is 62.5 Å². The number of phenols is 2. The maximum absolute atomic E-state index is 13.5. The quantitative estimate of drug-likeness (QED) is 0.301. The van der Waals surface area contributed by atoms with Gasteiger partial charge in [0.05, 0.1) is 21.8 Å². The van der Waals surface area contributed by atoms with Crippen LogP contribution in [-0.2, 0) is 5.41 Å². The molecular formula is C22H16BrNO3. The zero-order valence-electron chi connectivity index (χ0n) is 14.8. The van der Waals surface area contributed by atoms with E-state index in [0.29, 0.717) is 16.5 Å². The van der Waals surface area contributed by atoms with Crippen LogP contribution in [0.2, 0.25) is 0 Å². The van der Waals surface area contributed by atoms with Gasteiger partial charge in [0.15, 0.2) is 0 Å². The number of rotatable bonds is 0. The molecule has 0 spiro atoms. The second kappa shape index (κ2) is 4.93. The fraction of sp³-hybridized carbons (Fsp3) is 0.136. The number of nitrogens with zero attached hydrogens (tertiary/aromatic N) is 1. The Bertz CT molecular complexity index is 1410. The van der Waals surface area contributed by atoms with E-state index in [1.54, 1.807) is 0 Å². The SMILES string of the molecule is C=C1n2c3ccc4cc(Br)ccc4c3c(=O)c3c(O)cc(O)c(c32)C1(C)C. The van der Waals surface area contributed by atoms with Crippen LogP contribution in [0.25, 0.3) is 38.3 Å². The van der Waals surface area contributed by atoms with Crippen LogP contribution in [0.1, 0.15) is 19.4 Å². The van der Waals surface area contributed by atoms with Gasteiger partial charge in [-0.15, -0.1) is 0 Å². The summed E-state index contributed by atoms with van der Waals surface area (Å²) in [5, 5.41) is 23.6. The molecule has 0 fully saturated rings. The lowest BCUT2D eigenvalue weighted by Gasteiger charge is -2.22. The number of hydrogen-bond donors (Lipinski definition) is 2. The number of benzene rings is 3. The molecule has 5 heteroatoms. The van der Waals surface area contributed by atoms with E-state index in [9.17, 15) is 15.0 Å². The highest BCUT2D eigenvalue weighted by Gasteiger charge is 2.40. The van der Waals surface area contributed by atoms with Crippen molar-refractivity contribution in [2.45, 2.75) is 19.3 Å². The summed E-state index contributed by atoms with van der Waals surface area (Å²) in [7, 11) is 0. The Labute approximate surface area is 163 Å². The monoisotopic (exact) mass is 421 g/mol. The van der Waals surface area contributed by atoms with Crippen LogP contribution in [0.15, 0.2) is 52.2 Å². The van der Waals surface area contributed by atoms with E-state index >= 15 is 0 Å². The second-order valence-corrected chi connectivity index (χ2v) is 8.49. The van der Waals surface area contributed by atoms with Crippen molar-refractivity contribution in [3.05, 3.63) is 63.2 Å². The van der Waals surface area contributed by atoms with Gasteiger partial charge in [-0.3, -0.25) is 4.79 Å².